The number of hydrogen-bond acceptors (Lipinski definition) is 2. The van der Waals surface area contributed by atoms with Crippen LogP contribution in [0.1, 0.15) is 36.1 Å². The lowest BCUT2D eigenvalue weighted by molar-refractivity contribution is 0.152. The summed E-state index contributed by atoms with van der Waals surface area (Å²) in [6.07, 6.45) is 2.94. The molecule has 2 heteroatoms. The van der Waals surface area contributed by atoms with Crippen molar-refractivity contribution in [3.05, 3.63) is 34.9 Å². The van der Waals surface area contributed by atoms with Crippen LogP contribution in [-0.4, -0.2) is 11.1 Å². The molecular weight excluding hydrogens is 174 g/mol. The number of rotatable bonds is 2. The Balaban J connectivity index is 2.39. The Hall–Kier alpha value is -0.860. The van der Waals surface area contributed by atoms with Crippen LogP contribution in [0.15, 0.2) is 18.2 Å². The first-order valence-corrected chi connectivity index (χ1v) is 5.24. The fraction of sp³-hybridized carbons (Fsp3) is 0.500. The smallest absolute Gasteiger partial charge is 0.0940 e. The minimum atomic E-state index is -0.511. The summed E-state index contributed by atoms with van der Waals surface area (Å²) in [7, 11) is 0. The third-order valence-electron chi connectivity index (χ3n) is 3.00. The van der Waals surface area contributed by atoms with Gasteiger partial charge in [0.1, 0.15) is 0 Å². The Labute approximate surface area is 84.7 Å². The monoisotopic (exact) mass is 191 g/mol. The molecule has 0 saturated heterocycles. The summed E-state index contributed by atoms with van der Waals surface area (Å²) in [6, 6.07) is 5.98. The van der Waals surface area contributed by atoms with Crippen molar-refractivity contribution >= 4 is 0 Å². The van der Waals surface area contributed by atoms with Gasteiger partial charge in [-0.15, -0.1) is 0 Å². The van der Waals surface area contributed by atoms with Gasteiger partial charge in [-0.25, -0.2) is 0 Å². The lowest BCUT2D eigenvalue weighted by Crippen LogP contribution is -2.25. The fourth-order valence-corrected chi connectivity index (χ4v) is 2.21. The van der Waals surface area contributed by atoms with Gasteiger partial charge in [-0.3, -0.25) is 0 Å². The van der Waals surface area contributed by atoms with Gasteiger partial charge >= 0.3 is 0 Å². The van der Waals surface area contributed by atoms with Crippen LogP contribution in [0.3, 0.4) is 0 Å². The summed E-state index contributed by atoms with van der Waals surface area (Å²) in [5.41, 5.74) is 9.47. The predicted octanol–water partition coefficient (Wildman–Crippen LogP) is 1.56. The van der Waals surface area contributed by atoms with Gasteiger partial charge in [0, 0.05) is 6.04 Å². The maximum atomic E-state index is 9.94. The van der Waals surface area contributed by atoms with E-state index in [1.54, 1.807) is 0 Å². The van der Waals surface area contributed by atoms with Crippen molar-refractivity contribution in [1.82, 2.24) is 0 Å². The molecule has 1 aliphatic rings. The highest BCUT2D eigenvalue weighted by molar-refractivity contribution is 5.40. The maximum absolute atomic E-state index is 9.94. The second-order valence-corrected chi connectivity index (χ2v) is 4.14. The van der Waals surface area contributed by atoms with Gasteiger partial charge in [0.05, 0.1) is 6.10 Å². The van der Waals surface area contributed by atoms with Gasteiger partial charge < -0.3 is 10.8 Å². The van der Waals surface area contributed by atoms with Crippen molar-refractivity contribution in [3.63, 3.8) is 0 Å². The minimum Gasteiger partial charge on any atom is -0.387 e. The van der Waals surface area contributed by atoms with Gasteiger partial charge in [0.15, 0.2) is 0 Å². The zero-order chi connectivity index (χ0) is 10.1. The van der Waals surface area contributed by atoms with E-state index < -0.39 is 6.10 Å². The quantitative estimate of drug-likeness (QED) is 0.745. The summed E-state index contributed by atoms with van der Waals surface area (Å²) in [6.45, 7) is 1.85. The zero-order valence-corrected chi connectivity index (χ0v) is 8.53. The van der Waals surface area contributed by atoms with Crippen LogP contribution in [0.5, 0.6) is 0 Å². The highest BCUT2D eigenvalue weighted by atomic mass is 16.3. The molecule has 0 radical (unpaired) electrons. The number of nitrogens with two attached hydrogens (primary N) is 1. The van der Waals surface area contributed by atoms with Crippen LogP contribution < -0.4 is 5.73 Å². The largest absolute Gasteiger partial charge is 0.387 e. The first-order chi connectivity index (χ1) is 6.70. The molecule has 1 aromatic rings. The van der Waals surface area contributed by atoms with E-state index in [-0.39, 0.29) is 6.04 Å². The van der Waals surface area contributed by atoms with Crippen molar-refractivity contribution in [1.29, 1.82) is 0 Å². The Morgan fingerprint density at radius 1 is 1.36 bits per heavy atom. The number of aliphatic hydroxyl groups is 1. The molecule has 76 valence electrons. The van der Waals surface area contributed by atoms with E-state index in [1.165, 1.54) is 17.5 Å². The molecule has 2 nitrogen and oxygen atoms in total. The summed E-state index contributed by atoms with van der Waals surface area (Å²) in [5, 5.41) is 9.94. The average Bonchev–Trinajstić information content (AvgIpc) is 2.63. The van der Waals surface area contributed by atoms with E-state index >= 15 is 0 Å². The van der Waals surface area contributed by atoms with E-state index in [4.69, 9.17) is 5.73 Å². The van der Waals surface area contributed by atoms with Gasteiger partial charge in [-0.2, -0.15) is 0 Å². The third kappa shape index (κ3) is 1.56. The Morgan fingerprint density at radius 3 is 2.86 bits per heavy atom. The second-order valence-electron chi connectivity index (χ2n) is 4.14. The molecule has 0 saturated carbocycles. The number of benzene rings is 1. The van der Waals surface area contributed by atoms with Gasteiger partial charge in [0.25, 0.3) is 0 Å². The second kappa shape index (κ2) is 3.71. The molecule has 0 aliphatic heterocycles. The van der Waals surface area contributed by atoms with Crippen LogP contribution in [0.25, 0.3) is 0 Å². The zero-order valence-electron chi connectivity index (χ0n) is 8.53. The van der Waals surface area contributed by atoms with Crippen molar-refractivity contribution < 1.29 is 5.11 Å². The predicted molar refractivity (Wildman–Crippen MR) is 57.1 cm³/mol. The number of fused-ring (bicyclic) bond motifs is 1. The molecule has 2 unspecified atom stereocenters. The van der Waals surface area contributed by atoms with Crippen LogP contribution in [0.4, 0.5) is 0 Å². The van der Waals surface area contributed by atoms with Crippen molar-refractivity contribution in [2.45, 2.75) is 38.3 Å². The molecule has 0 amide bonds. The van der Waals surface area contributed by atoms with Crippen molar-refractivity contribution in [2.24, 2.45) is 5.73 Å². The fourth-order valence-electron chi connectivity index (χ4n) is 2.21. The van der Waals surface area contributed by atoms with Crippen molar-refractivity contribution in [3.8, 4) is 0 Å². The normalized spacial score (nSPS) is 19.1. The lowest BCUT2D eigenvalue weighted by atomic mass is 9.96. The first kappa shape index (κ1) is 9.69. The minimum absolute atomic E-state index is 0.193. The van der Waals surface area contributed by atoms with Crippen molar-refractivity contribution in [2.75, 3.05) is 0 Å². The molecular formula is C12H17NO. The molecule has 0 heterocycles. The molecule has 0 aromatic heterocycles. The van der Waals surface area contributed by atoms with Crippen LogP contribution in [0, 0.1) is 0 Å². The molecule has 2 atom stereocenters. The van der Waals surface area contributed by atoms with E-state index in [2.05, 4.69) is 6.07 Å². The van der Waals surface area contributed by atoms with Gasteiger partial charge in [-0.1, -0.05) is 18.2 Å². The first-order valence-electron chi connectivity index (χ1n) is 5.24. The highest BCUT2D eigenvalue weighted by Crippen LogP contribution is 2.29. The molecule has 0 bridgehead atoms. The molecule has 2 rings (SSSR count). The summed E-state index contributed by atoms with van der Waals surface area (Å²) in [4.78, 5) is 0. The topological polar surface area (TPSA) is 46.2 Å². The molecule has 3 N–H and O–H groups in total. The van der Waals surface area contributed by atoms with Crippen LogP contribution in [-0.2, 0) is 12.8 Å². The Morgan fingerprint density at radius 2 is 2.14 bits per heavy atom. The standard InChI is InChI=1S/C12H17NO/c1-8(13)12(14)11-7-3-5-9-4-2-6-10(9)11/h3,5,7-8,12,14H,2,4,6,13H2,1H3. The van der Waals surface area contributed by atoms with Gasteiger partial charge in [0.2, 0.25) is 0 Å². The van der Waals surface area contributed by atoms with E-state index in [0.717, 1.165) is 18.4 Å². The molecule has 1 aliphatic carbocycles. The maximum Gasteiger partial charge on any atom is 0.0940 e. The summed E-state index contributed by atoms with van der Waals surface area (Å²) < 4.78 is 0. The number of aryl methyl sites for hydroxylation is 1. The third-order valence-corrected chi connectivity index (χ3v) is 3.00. The highest BCUT2D eigenvalue weighted by Gasteiger charge is 2.20. The molecule has 0 spiro atoms. The van der Waals surface area contributed by atoms with Crippen LogP contribution >= 0.6 is 0 Å². The van der Waals surface area contributed by atoms with E-state index in [1.807, 2.05) is 19.1 Å². The SMILES string of the molecule is CC(N)C(O)c1cccc2c1CCC2. The van der Waals surface area contributed by atoms with E-state index in [0.29, 0.717) is 0 Å². The Bertz CT molecular complexity index is 333. The molecule has 1 aromatic carbocycles. The van der Waals surface area contributed by atoms with Gasteiger partial charge in [-0.05, 0) is 42.9 Å². The summed E-state index contributed by atoms with van der Waals surface area (Å²) in [5.74, 6) is 0. The molecule has 14 heavy (non-hydrogen) atoms. The molecule has 0 fully saturated rings. The lowest BCUT2D eigenvalue weighted by Gasteiger charge is -2.18. The van der Waals surface area contributed by atoms with E-state index in [9.17, 15) is 5.11 Å². The van der Waals surface area contributed by atoms with Crippen LogP contribution in [0.2, 0.25) is 0 Å². The number of hydrogen-bond donors (Lipinski definition) is 2. The number of aliphatic hydroxyl groups excluding tert-OH is 1. The Kier molecular flexibility index (Phi) is 2.57. The summed E-state index contributed by atoms with van der Waals surface area (Å²) >= 11 is 0. The average molecular weight is 191 g/mol.